The van der Waals surface area contributed by atoms with E-state index in [0.717, 1.165) is 11.3 Å². The first-order chi connectivity index (χ1) is 9.08. The third-order valence-electron chi connectivity index (χ3n) is 2.88. The number of hydrogen-bond donors (Lipinski definition) is 1. The van der Waals surface area contributed by atoms with Crippen LogP contribution < -0.4 is 5.32 Å². The lowest BCUT2D eigenvalue weighted by Gasteiger charge is -2.13. The van der Waals surface area contributed by atoms with E-state index in [4.69, 9.17) is 0 Å². The zero-order valence-corrected chi connectivity index (χ0v) is 11.3. The minimum absolute atomic E-state index is 0.119. The zero-order valence-electron chi connectivity index (χ0n) is 11.3. The third kappa shape index (κ3) is 3.15. The number of carbonyl (C=O) groups excluding carboxylic acids is 1. The molecule has 0 aliphatic heterocycles. The zero-order chi connectivity index (χ0) is 13.8. The Morgan fingerprint density at radius 1 is 1.37 bits per heavy atom. The average molecular weight is 259 g/mol. The minimum Gasteiger partial charge on any atom is -0.325 e. The number of rotatable bonds is 4. The maximum atomic E-state index is 12.0. The van der Waals surface area contributed by atoms with Gasteiger partial charge in [0.15, 0.2) is 5.82 Å². The van der Waals surface area contributed by atoms with Crippen molar-refractivity contribution in [3.8, 4) is 0 Å². The van der Waals surface area contributed by atoms with Crippen molar-refractivity contribution in [2.75, 3.05) is 5.32 Å². The number of benzene rings is 1. The number of nitrogens with one attached hydrogen (secondary N) is 1. The van der Waals surface area contributed by atoms with E-state index < -0.39 is 0 Å². The Morgan fingerprint density at radius 2 is 2.11 bits per heavy atom. The van der Waals surface area contributed by atoms with Crippen molar-refractivity contribution in [3.05, 3.63) is 35.7 Å². The van der Waals surface area contributed by atoms with Crippen LogP contribution in [0.2, 0.25) is 0 Å². The van der Waals surface area contributed by atoms with Crippen LogP contribution in [0.4, 0.5) is 5.69 Å². The summed E-state index contributed by atoms with van der Waals surface area (Å²) in [6, 6.07) is 7.80. The average Bonchev–Trinajstić information content (AvgIpc) is 2.75. The molecule has 19 heavy (non-hydrogen) atoms. The maximum absolute atomic E-state index is 12.0. The lowest BCUT2D eigenvalue weighted by atomic mass is 10.0. The highest BCUT2D eigenvalue weighted by Gasteiger charge is 2.12. The molecule has 0 fully saturated rings. The van der Waals surface area contributed by atoms with Gasteiger partial charge in [-0.25, -0.2) is 4.68 Å². The molecule has 0 spiro atoms. The smallest absolute Gasteiger partial charge is 0.232 e. The van der Waals surface area contributed by atoms with Crippen LogP contribution >= 0.6 is 0 Å². The molecule has 0 aliphatic rings. The maximum Gasteiger partial charge on any atom is 0.232 e. The summed E-state index contributed by atoms with van der Waals surface area (Å²) in [6.45, 7) is 4.19. The van der Waals surface area contributed by atoms with Crippen LogP contribution in [0.25, 0.3) is 0 Å². The van der Waals surface area contributed by atoms with Crippen LogP contribution in [-0.4, -0.2) is 26.1 Å². The number of carbonyl (C=O) groups is 1. The number of anilines is 1. The molecule has 0 saturated heterocycles. The molecule has 6 nitrogen and oxygen atoms in total. The molecule has 1 aromatic heterocycles. The Hall–Kier alpha value is -2.24. The molecule has 0 radical (unpaired) electrons. The summed E-state index contributed by atoms with van der Waals surface area (Å²) < 4.78 is 1.49. The summed E-state index contributed by atoms with van der Waals surface area (Å²) in [5.41, 5.74) is 1.96. The molecule has 100 valence electrons. The summed E-state index contributed by atoms with van der Waals surface area (Å²) in [5.74, 6) is 0.776. The number of nitrogens with zero attached hydrogens (tertiary/aromatic N) is 4. The van der Waals surface area contributed by atoms with E-state index in [9.17, 15) is 4.79 Å². The van der Waals surface area contributed by atoms with Crippen LogP contribution in [-0.2, 0) is 18.3 Å². The molecule has 2 rings (SSSR count). The van der Waals surface area contributed by atoms with Gasteiger partial charge in [0, 0.05) is 12.7 Å². The van der Waals surface area contributed by atoms with Crippen LogP contribution in [0.5, 0.6) is 0 Å². The molecule has 0 aliphatic carbocycles. The molecular weight excluding hydrogens is 242 g/mol. The van der Waals surface area contributed by atoms with Crippen LogP contribution in [0.15, 0.2) is 24.3 Å². The van der Waals surface area contributed by atoms with Crippen molar-refractivity contribution in [1.29, 1.82) is 0 Å². The first-order valence-corrected chi connectivity index (χ1v) is 6.18. The monoisotopic (exact) mass is 259 g/mol. The molecule has 0 unspecified atom stereocenters. The van der Waals surface area contributed by atoms with E-state index in [1.165, 1.54) is 4.68 Å². The highest BCUT2D eigenvalue weighted by atomic mass is 16.1. The third-order valence-corrected chi connectivity index (χ3v) is 2.88. The Morgan fingerprint density at radius 3 is 2.74 bits per heavy atom. The van der Waals surface area contributed by atoms with Gasteiger partial charge in [0.25, 0.3) is 0 Å². The van der Waals surface area contributed by atoms with Gasteiger partial charge in [0.2, 0.25) is 5.91 Å². The Bertz CT molecular complexity index is 576. The van der Waals surface area contributed by atoms with E-state index in [0.29, 0.717) is 11.7 Å². The van der Waals surface area contributed by atoms with Crippen molar-refractivity contribution in [2.24, 2.45) is 7.05 Å². The Kier molecular flexibility index (Phi) is 3.89. The summed E-state index contributed by atoms with van der Waals surface area (Å²) in [5, 5.41) is 13.9. The van der Waals surface area contributed by atoms with Gasteiger partial charge in [-0.2, -0.15) is 0 Å². The normalized spacial score (nSPS) is 10.7. The predicted octanol–water partition coefficient (Wildman–Crippen LogP) is 1.51. The van der Waals surface area contributed by atoms with Gasteiger partial charge in [0.1, 0.15) is 0 Å². The fourth-order valence-electron chi connectivity index (χ4n) is 1.85. The summed E-state index contributed by atoms with van der Waals surface area (Å²) in [7, 11) is 1.71. The van der Waals surface area contributed by atoms with Gasteiger partial charge >= 0.3 is 0 Å². The number of amides is 1. The minimum atomic E-state index is -0.119. The Balaban J connectivity index is 2.09. The van der Waals surface area contributed by atoms with E-state index in [1.54, 1.807) is 7.05 Å². The second-order valence-corrected chi connectivity index (χ2v) is 4.69. The van der Waals surface area contributed by atoms with Gasteiger partial charge in [-0.1, -0.05) is 32.0 Å². The summed E-state index contributed by atoms with van der Waals surface area (Å²) in [6.07, 6.45) is 0.163. The molecule has 1 amide bonds. The summed E-state index contributed by atoms with van der Waals surface area (Å²) in [4.78, 5) is 12.0. The Labute approximate surface area is 111 Å². The van der Waals surface area contributed by atoms with E-state index >= 15 is 0 Å². The van der Waals surface area contributed by atoms with Gasteiger partial charge in [-0.15, -0.1) is 5.10 Å². The number of para-hydroxylation sites is 1. The standard InChI is InChI=1S/C13H17N5O/c1-9(2)10-6-4-5-7-11(10)14-13(19)8-12-15-16-17-18(12)3/h4-7,9H,8H2,1-3H3,(H,14,19). The first kappa shape index (κ1) is 13.2. The van der Waals surface area contributed by atoms with Crippen molar-refractivity contribution < 1.29 is 4.79 Å². The quantitative estimate of drug-likeness (QED) is 0.903. The van der Waals surface area contributed by atoms with Crippen molar-refractivity contribution in [3.63, 3.8) is 0 Å². The largest absolute Gasteiger partial charge is 0.325 e. The van der Waals surface area contributed by atoms with Crippen LogP contribution in [0.1, 0.15) is 31.2 Å². The molecule has 0 saturated carbocycles. The van der Waals surface area contributed by atoms with Gasteiger partial charge in [-0.05, 0) is 28.0 Å². The fourth-order valence-corrected chi connectivity index (χ4v) is 1.85. The van der Waals surface area contributed by atoms with Gasteiger partial charge in [0.05, 0.1) is 6.42 Å². The predicted molar refractivity (Wildman–Crippen MR) is 71.7 cm³/mol. The van der Waals surface area contributed by atoms with Crippen molar-refractivity contribution in [1.82, 2.24) is 20.2 Å². The van der Waals surface area contributed by atoms with E-state index in [1.807, 2.05) is 24.3 Å². The van der Waals surface area contributed by atoms with E-state index in [-0.39, 0.29) is 12.3 Å². The van der Waals surface area contributed by atoms with Crippen LogP contribution in [0.3, 0.4) is 0 Å². The topological polar surface area (TPSA) is 72.7 Å². The number of aryl methyl sites for hydroxylation is 1. The second-order valence-electron chi connectivity index (χ2n) is 4.69. The van der Waals surface area contributed by atoms with Crippen molar-refractivity contribution >= 4 is 11.6 Å². The highest BCUT2D eigenvalue weighted by molar-refractivity contribution is 5.92. The molecule has 0 atom stereocenters. The van der Waals surface area contributed by atoms with E-state index in [2.05, 4.69) is 34.7 Å². The summed E-state index contributed by atoms with van der Waals surface area (Å²) >= 11 is 0. The number of tetrazole rings is 1. The van der Waals surface area contributed by atoms with Gasteiger partial charge in [-0.3, -0.25) is 4.79 Å². The number of aromatic nitrogens is 4. The van der Waals surface area contributed by atoms with Crippen molar-refractivity contribution in [2.45, 2.75) is 26.2 Å². The molecule has 0 bridgehead atoms. The van der Waals surface area contributed by atoms with Gasteiger partial charge < -0.3 is 5.32 Å². The number of hydrogen-bond acceptors (Lipinski definition) is 4. The highest BCUT2D eigenvalue weighted by Crippen LogP contribution is 2.23. The molecule has 1 heterocycles. The molecular formula is C13H17N5O. The molecule has 6 heteroatoms. The molecule has 2 aromatic rings. The lowest BCUT2D eigenvalue weighted by molar-refractivity contribution is -0.115. The molecule has 1 N–H and O–H groups in total. The first-order valence-electron chi connectivity index (χ1n) is 6.18. The molecule has 1 aromatic carbocycles. The fraction of sp³-hybridized carbons (Fsp3) is 0.385. The SMILES string of the molecule is CC(C)c1ccccc1NC(=O)Cc1nnnn1C. The lowest BCUT2D eigenvalue weighted by Crippen LogP contribution is -2.18. The second kappa shape index (κ2) is 5.60. The van der Waals surface area contributed by atoms with Crippen LogP contribution in [0, 0.1) is 0 Å².